The Labute approximate surface area is 196 Å². The lowest BCUT2D eigenvalue weighted by Crippen LogP contribution is -2.36. The molecule has 6 rings (SSSR count). The van der Waals surface area contributed by atoms with E-state index in [1.807, 2.05) is 30.9 Å². The fraction of sp³-hybridized carbons (Fsp3) is 0.455. The molecule has 0 bridgehead atoms. The van der Waals surface area contributed by atoms with E-state index in [9.17, 15) is 0 Å². The number of fused-ring (bicyclic) bond motifs is 1. The number of H-pyrrole nitrogens is 1. The second-order valence-electron chi connectivity index (χ2n) is 8.47. The second-order valence-corrected chi connectivity index (χ2v) is 8.47. The summed E-state index contributed by atoms with van der Waals surface area (Å²) in [7, 11) is 0. The Morgan fingerprint density at radius 3 is 2.68 bits per heavy atom. The molecule has 0 amide bonds. The normalized spacial score (nSPS) is 20.8. The molecule has 0 atom stereocenters. The van der Waals surface area contributed by atoms with E-state index in [0.29, 0.717) is 31.0 Å². The van der Waals surface area contributed by atoms with E-state index < -0.39 is 0 Å². The molecule has 178 valence electrons. The lowest BCUT2D eigenvalue weighted by atomic mass is 9.93. The smallest absolute Gasteiger partial charge is 0.225 e. The van der Waals surface area contributed by atoms with Crippen molar-refractivity contribution in [3.05, 3.63) is 37.1 Å². The Bertz CT molecular complexity index is 1200. The minimum absolute atomic E-state index is 0. The predicted molar refractivity (Wildman–Crippen MR) is 125 cm³/mol. The first kappa shape index (κ1) is 22.2. The van der Waals surface area contributed by atoms with Crippen LogP contribution >= 0.6 is 0 Å². The molecule has 2 fully saturated rings. The van der Waals surface area contributed by atoms with Crippen molar-refractivity contribution in [1.82, 2.24) is 46.3 Å². The van der Waals surface area contributed by atoms with Crippen molar-refractivity contribution in [2.45, 2.75) is 37.8 Å². The van der Waals surface area contributed by atoms with Crippen LogP contribution in [-0.4, -0.2) is 72.6 Å². The highest BCUT2D eigenvalue weighted by atomic mass is 16.5. The summed E-state index contributed by atoms with van der Waals surface area (Å²) >= 11 is 0. The third-order valence-electron chi connectivity index (χ3n) is 6.44. The third-order valence-corrected chi connectivity index (χ3v) is 6.44. The number of aromatic nitrogens is 8. The van der Waals surface area contributed by atoms with Crippen LogP contribution in [-0.2, 0) is 4.74 Å². The Kier molecular flexibility index (Phi) is 6.32. The summed E-state index contributed by atoms with van der Waals surface area (Å²) in [5.74, 6) is 1.97. The number of aromatic amines is 1. The van der Waals surface area contributed by atoms with Crippen LogP contribution in [0.4, 0.5) is 5.82 Å². The zero-order chi connectivity index (χ0) is 22.0. The van der Waals surface area contributed by atoms with Crippen molar-refractivity contribution < 1.29 is 9.47 Å². The van der Waals surface area contributed by atoms with Gasteiger partial charge in [0.1, 0.15) is 11.9 Å². The van der Waals surface area contributed by atoms with Crippen molar-refractivity contribution in [3.63, 3.8) is 0 Å². The molecule has 4 aromatic rings. The van der Waals surface area contributed by atoms with Crippen LogP contribution < -0.4 is 15.8 Å². The molecule has 12 nitrogen and oxygen atoms in total. The molecular weight excluding hydrogens is 436 g/mol. The van der Waals surface area contributed by atoms with Gasteiger partial charge < -0.3 is 25.1 Å². The van der Waals surface area contributed by atoms with Crippen molar-refractivity contribution in [1.29, 1.82) is 0 Å². The molecule has 34 heavy (non-hydrogen) atoms. The lowest BCUT2D eigenvalue weighted by molar-refractivity contribution is 0.121. The fourth-order valence-electron chi connectivity index (χ4n) is 4.64. The Morgan fingerprint density at radius 1 is 1.09 bits per heavy atom. The molecule has 0 aromatic carbocycles. The van der Waals surface area contributed by atoms with Crippen molar-refractivity contribution in [2.75, 3.05) is 31.2 Å². The second kappa shape index (κ2) is 9.69. The number of hydrogen-bond acceptors (Lipinski definition) is 10. The molecule has 12 heteroatoms. The van der Waals surface area contributed by atoms with E-state index in [-0.39, 0.29) is 12.3 Å². The van der Waals surface area contributed by atoms with E-state index in [4.69, 9.17) is 14.5 Å². The number of nitrogens with one attached hydrogen (secondary N) is 1. The summed E-state index contributed by atoms with van der Waals surface area (Å²) in [6.07, 6.45) is 11.7. The van der Waals surface area contributed by atoms with Gasteiger partial charge >= 0.3 is 0 Å². The number of hydrogen-bond donors (Lipinski definition) is 2. The van der Waals surface area contributed by atoms with Gasteiger partial charge in [-0.05, 0) is 37.0 Å². The van der Waals surface area contributed by atoms with Gasteiger partial charge in [0.05, 0.1) is 30.4 Å². The minimum Gasteiger partial charge on any atom is -0.474 e. The maximum atomic E-state index is 6.54. The van der Waals surface area contributed by atoms with E-state index in [1.165, 1.54) is 0 Å². The van der Waals surface area contributed by atoms with Crippen LogP contribution in [0.3, 0.4) is 0 Å². The van der Waals surface area contributed by atoms with Crippen LogP contribution in [0.5, 0.6) is 5.88 Å². The van der Waals surface area contributed by atoms with Crippen molar-refractivity contribution in [3.8, 4) is 17.3 Å². The largest absolute Gasteiger partial charge is 0.474 e. The standard InChI is InChI=1S/C22H25N9O2.H3N/c1-3-17(4-2-16(1)31-6-5-23-14-31)33-22-18-11-15(21-26-28-29-27-21)13-24-19(18)12-20(25-22)30-7-9-32-10-8-30;/h5-6,11-14,16-17H,1-4,7-10H2,(H,26,27,28,29);1H3. The van der Waals surface area contributed by atoms with Crippen molar-refractivity contribution >= 4 is 16.7 Å². The van der Waals surface area contributed by atoms with Gasteiger partial charge in [0.15, 0.2) is 0 Å². The Balaban J connectivity index is 0.00000241. The van der Waals surface area contributed by atoms with Gasteiger partial charge in [-0.2, -0.15) is 10.2 Å². The molecule has 2 aliphatic rings. The number of rotatable bonds is 5. The maximum absolute atomic E-state index is 6.54. The molecule has 4 N–H and O–H groups in total. The summed E-state index contributed by atoms with van der Waals surface area (Å²) in [5.41, 5.74) is 1.60. The summed E-state index contributed by atoms with van der Waals surface area (Å²) < 4.78 is 14.3. The molecule has 0 spiro atoms. The summed E-state index contributed by atoms with van der Waals surface area (Å²) in [6.45, 7) is 2.99. The third kappa shape index (κ3) is 4.41. The average Bonchev–Trinajstić information content (AvgIpc) is 3.60. The summed E-state index contributed by atoms with van der Waals surface area (Å²) in [5, 5.41) is 15.2. The molecule has 0 radical (unpaired) electrons. The number of ether oxygens (including phenoxy) is 2. The van der Waals surface area contributed by atoms with Gasteiger partial charge in [0.2, 0.25) is 11.7 Å². The zero-order valence-electron chi connectivity index (χ0n) is 18.9. The molecule has 1 saturated heterocycles. The predicted octanol–water partition coefficient (Wildman–Crippen LogP) is 2.57. The topological polar surface area (TPSA) is 155 Å². The molecule has 4 aromatic heterocycles. The molecular formula is C22H28N10O2. The molecule has 1 aliphatic heterocycles. The lowest BCUT2D eigenvalue weighted by Gasteiger charge is -2.31. The SMILES string of the molecule is N.c1cn(C2CCC(Oc3nc(N4CCOCC4)cc4ncc(-c5nn[nH]n5)cc34)CC2)cn1. The van der Waals surface area contributed by atoms with E-state index in [1.54, 1.807) is 6.20 Å². The average molecular weight is 465 g/mol. The first-order chi connectivity index (χ1) is 16.3. The Hall–Kier alpha value is -3.64. The van der Waals surface area contributed by atoms with Gasteiger partial charge in [0, 0.05) is 49.4 Å². The van der Waals surface area contributed by atoms with E-state index >= 15 is 0 Å². The van der Waals surface area contributed by atoms with Crippen molar-refractivity contribution in [2.24, 2.45) is 0 Å². The minimum atomic E-state index is 0. The quantitative estimate of drug-likeness (QED) is 0.450. The highest BCUT2D eigenvalue weighted by Crippen LogP contribution is 2.34. The maximum Gasteiger partial charge on any atom is 0.225 e. The van der Waals surface area contributed by atoms with Gasteiger partial charge in [-0.15, -0.1) is 10.2 Å². The van der Waals surface area contributed by atoms with Crippen LogP contribution in [0.1, 0.15) is 31.7 Å². The van der Waals surface area contributed by atoms with Crippen LogP contribution in [0.15, 0.2) is 37.1 Å². The number of morpholine rings is 1. The van der Waals surface area contributed by atoms with Crippen LogP contribution in [0.25, 0.3) is 22.3 Å². The van der Waals surface area contributed by atoms with E-state index in [2.05, 4.69) is 40.1 Å². The van der Waals surface area contributed by atoms with Gasteiger partial charge in [-0.1, -0.05) is 0 Å². The highest BCUT2D eigenvalue weighted by molar-refractivity contribution is 5.88. The first-order valence-corrected chi connectivity index (χ1v) is 11.3. The van der Waals surface area contributed by atoms with Crippen LogP contribution in [0, 0.1) is 0 Å². The zero-order valence-corrected chi connectivity index (χ0v) is 18.9. The number of imidazole rings is 1. The van der Waals surface area contributed by atoms with Crippen LogP contribution in [0.2, 0.25) is 0 Å². The van der Waals surface area contributed by atoms with Gasteiger partial charge in [0.25, 0.3) is 0 Å². The number of tetrazole rings is 1. The number of anilines is 1. The first-order valence-electron chi connectivity index (χ1n) is 11.3. The molecule has 1 saturated carbocycles. The number of pyridine rings is 2. The highest BCUT2D eigenvalue weighted by Gasteiger charge is 2.25. The number of nitrogens with zero attached hydrogens (tertiary/aromatic N) is 8. The summed E-state index contributed by atoms with van der Waals surface area (Å²) in [6, 6.07) is 4.47. The summed E-state index contributed by atoms with van der Waals surface area (Å²) in [4.78, 5) is 16.0. The van der Waals surface area contributed by atoms with Gasteiger partial charge in [-0.3, -0.25) is 4.98 Å². The fourth-order valence-corrected chi connectivity index (χ4v) is 4.64. The van der Waals surface area contributed by atoms with E-state index in [0.717, 1.165) is 61.1 Å². The molecule has 1 aliphatic carbocycles. The molecule has 0 unspecified atom stereocenters. The Morgan fingerprint density at radius 2 is 1.94 bits per heavy atom. The monoisotopic (exact) mass is 464 g/mol. The van der Waals surface area contributed by atoms with Gasteiger partial charge in [-0.25, -0.2) is 4.98 Å². The molecule has 5 heterocycles.